The van der Waals surface area contributed by atoms with Crippen molar-refractivity contribution in [3.8, 4) is 11.3 Å². The lowest BCUT2D eigenvalue weighted by molar-refractivity contribution is 0.0976. The smallest absolute Gasteiger partial charge is 0.257 e. The highest BCUT2D eigenvalue weighted by Gasteiger charge is 2.08. The number of furan rings is 1. The number of hydrogen-bond donors (Lipinski definition) is 2. The number of carbonyl (C=O) groups excluding carboxylic acids is 1. The van der Waals surface area contributed by atoms with Crippen LogP contribution in [0.25, 0.3) is 11.3 Å². The number of nitrogens with one attached hydrogen (secondary N) is 2. The van der Waals surface area contributed by atoms with Gasteiger partial charge in [-0.15, -0.1) is 0 Å². The Balaban J connectivity index is 1.54. The van der Waals surface area contributed by atoms with Crippen LogP contribution in [-0.4, -0.2) is 11.0 Å². The van der Waals surface area contributed by atoms with Crippen molar-refractivity contribution in [3.05, 3.63) is 83.1 Å². The van der Waals surface area contributed by atoms with Crippen LogP contribution in [0.1, 0.15) is 16.1 Å². The van der Waals surface area contributed by atoms with Gasteiger partial charge in [-0.2, -0.15) is 0 Å². The molecule has 126 valence electrons. The van der Waals surface area contributed by atoms with Crippen molar-refractivity contribution >= 4 is 34.8 Å². The van der Waals surface area contributed by atoms with Crippen LogP contribution in [0.4, 0.5) is 0 Å². The average Bonchev–Trinajstić information content (AvgIpc) is 3.10. The third-order valence-corrected chi connectivity index (χ3v) is 3.97. The number of halogens is 1. The minimum Gasteiger partial charge on any atom is -0.459 e. The first-order valence-corrected chi connectivity index (χ1v) is 8.39. The maximum Gasteiger partial charge on any atom is 0.257 e. The lowest BCUT2D eigenvalue weighted by Gasteiger charge is -2.08. The topological polar surface area (TPSA) is 54.3 Å². The van der Waals surface area contributed by atoms with Crippen LogP contribution in [0.3, 0.4) is 0 Å². The molecule has 25 heavy (non-hydrogen) atoms. The van der Waals surface area contributed by atoms with Crippen LogP contribution >= 0.6 is 23.8 Å². The predicted octanol–water partition coefficient (Wildman–Crippen LogP) is 4.40. The predicted molar refractivity (Wildman–Crippen MR) is 102 cm³/mol. The van der Waals surface area contributed by atoms with E-state index in [0.717, 1.165) is 11.3 Å². The molecule has 3 rings (SSSR count). The zero-order chi connectivity index (χ0) is 17.6. The molecule has 6 heteroatoms. The summed E-state index contributed by atoms with van der Waals surface area (Å²) in [6.07, 6.45) is 0. The molecule has 0 aliphatic rings. The standard InChI is InChI=1S/C19H15ClN2O2S/c20-15-8-6-13(7-9-15)17-11-10-16(24-17)12-21-19(25)22-18(23)14-4-2-1-3-5-14/h1-11H,12H2,(H2,21,22,23,25). The molecule has 1 amide bonds. The number of rotatable bonds is 4. The van der Waals surface area contributed by atoms with Crippen molar-refractivity contribution < 1.29 is 9.21 Å². The second-order valence-corrected chi connectivity index (χ2v) is 6.12. The first kappa shape index (κ1) is 17.2. The van der Waals surface area contributed by atoms with Gasteiger partial charge >= 0.3 is 0 Å². The highest BCUT2D eigenvalue weighted by Crippen LogP contribution is 2.23. The van der Waals surface area contributed by atoms with Crippen molar-refractivity contribution in [2.24, 2.45) is 0 Å². The summed E-state index contributed by atoms with van der Waals surface area (Å²) in [6.45, 7) is 0.376. The molecule has 1 heterocycles. The Bertz CT molecular complexity index is 876. The number of thiocarbonyl (C=S) groups is 1. The third kappa shape index (κ3) is 4.68. The molecule has 0 radical (unpaired) electrons. The van der Waals surface area contributed by atoms with Gasteiger partial charge in [0.05, 0.1) is 6.54 Å². The molecular formula is C19H15ClN2O2S. The molecule has 0 spiro atoms. The summed E-state index contributed by atoms with van der Waals surface area (Å²) in [5.41, 5.74) is 1.49. The molecule has 0 atom stereocenters. The third-order valence-electron chi connectivity index (χ3n) is 3.48. The first-order chi connectivity index (χ1) is 12.1. The molecule has 0 aliphatic carbocycles. The van der Waals surface area contributed by atoms with Gasteiger partial charge in [-0.1, -0.05) is 29.8 Å². The summed E-state index contributed by atoms with van der Waals surface area (Å²) in [6, 6.07) is 20.0. The quantitative estimate of drug-likeness (QED) is 0.668. The van der Waals surface area contributed by atoms with E-state index in [0.29, 0.717) is 22.9 Å². The summed E-state index contributed by atoms with van der Waals surface area (Å²) in [5.74, 6) is 1.20. The Morgan fingerprint density at radius 1 is 1.00 bits per heavy atom. The van der Waals surface area contributed by atoms with Crippen molar-refractivity contribution in [2.45, 2.75) is 6.54 Å². The Morgan fingerprint density at radius 3 is 2.44 bits per heavy atom. The van der Waals surface area contributed by atoms with Gasteiger partial charge in [0.25, 0.3) is 5.91 Å². The largest absolute Gasteiger partial charge is 0.459 e. The molecular weight excluding hydrogens is 356 g/mol. The Hall–Kier alpha value is -2.63. The molecule has 0 bridgehead atoms. The zero-order valence-electron chi connectivity index (χ0n) is 13.2. The maximum atomic E-state index is 12.0. The lowest BCUT2D eigenvalue weighted by atomic mass is 10.2. The normalized spacial score (nSPS) is 10.3. The minimum atomic E-state index is -0.251. The van der Waals surface area contributed by atoms with Crippen LogP contribution in [0.2, 0.25) is 5.02 Å². The summed E-state index contributed by atoms with van der Waals surface area (Å²) >= 11 is 11.0. The Kier molecular flexibility index (Phi) is 5.48. The first-order valence-electron chi connectivity index (χ1n) is 7.61. The zero-order valence-corrected chi connectivity index (χ0v) is 14.7. The van der Waals surface area contributed by atoms with E-state index < -0.39 is 0 Å². The molecule has 3 aromatic rings. The monoisotopic (exact) mass is 370 g/mol. The van der Waals surface area contributed by atoms with E-state index in [1.54, 1.807) is 24.3 Å². The minimum absolute atomic E-state index is 0.248. The fourth-order valence-electron chi connectivity index (χ4n) is 2.22. The highest BCUT2D eigenvalue weighted by atomic mass is 35.5. The fraction of sp³-hybridized carbons (Fsp3) is 0.0526. The second-order valence-electron chi connectivity index (χ2n) is 5.28. The highest BCUT2D eigenvalue weighted by molar-refractivity contribution is 7.80. The van der Waals surface area contributed by atoms with Gasteiger partial charge in [-0.3, -0.25) is 10.1 Å². The summed E-state index contributed by atoms with van der Waals surface area (Å²) in [4.78, 5) is 12.0. The van der Waals surface area contributed by atoms with Crippen LogP contribution in [0.15, 0.2) is 71.1 Å². The molecule has 0 aliphatic heterocycles. The van der Waals surface area contributed by atoms with Crippen LogP contribution in [0.5, 0.6) is 0 Å². The summed E-state index contributed by atoms with van der Waals surface area (Å²) < 4.78 is 5.77. The van der Waals surface area contributed by atoms with Crippen LogP contribution in [-0.2, 0) is 6.54 Å². The number of hydrogen-bond acceptors (Lipinski definition) is 3. The van der Waals surface area contributed by atoms with Gasteiger partial charge in [0.2, 0.25) is 0 Å². The van der Waals surface area contributed by atoms with Gasteiger partial charge in [0.1, 0.15) is 11.5 Å². The van der Waals surface area contributed by atoms with Crippen molar-refractivity contribution in [1.29, 1.82) is 0 Å². The molecule has 0 saturated carbocycles. The molecule has 1 aromatic heterocycles. The Morgan fingerprint density at radius 2 is 1.72 bits per heavy atom. The maximum absolute atomic E-state index is 12.0. The summed E-state index contributed by atoms with van der Waals surface area (Å²) in [5, 5.41) is 6.52. The molecule has 4 nitrogen and oxygen atoms in total. The SMILES string of the molecule is O=C(NC(=S)NCc1ccc(-c2ccc(Cl)cc2)o1)c1ccccc1. The van der Waals surface area contributed by atoms with Gasteiger partial charge < -0.3 is 9.73 Å². The van der Waals surface area contributed by atoms with E-state index in [4.69, 9.17) is 28.2 Å². The molecule has 2 aromatic carbocycles. The number of carbonyl (C=O) groups is 1. The van der Waals surface area contributed by atoms with Crippen LogP contribution in [0, 0.1) is 0 Å². The van der Waals surface area contributed by atoms with Crippen molar-refractivity contribution in [1.82, 2.24) is 10.6 Å². The second kappa shape index (κ2) is 7.96. The summed E-state index contributed by atoms with van der Waals surface area (Å²) in [7, 11) is 0. The van der Waals surface area contributed by atoms with Crippen molar-refractivity contribution in [3.63, 3.8) is 0 Å². The number of amides is 1. The van der Waals surface area contributed by atoms with E-state index in [1.165, 1.54) is 0 Å². The van der Waals surface area contributed by atoms with E-state index in [1.807, 2.05) is 42.5 Å². The van der Waals surface area contributed by atoms with E-state index in [2.05, 4.69) is 10.6 Å². The van der Waals surface area contributed by atoms with Gasteiger partial charge in [-0.25, -0.2) is 0 Å². The average molecular weight is 371 g/mol. The number of benzene rings is 2. The van der Waals surface area contributed by atoms with Gasteiger partial charge in [-0.05, 0) is 60.7 Å². The molecule has 0 unspecified atom stereocenters. The Labute approximate surface area is 155 Å². The molecule has 0 fully saturated rings. The van der Waals surface area contributed by atoms with Crippen molar-refractivity contribution in [2.75, 3.05) is 0 Å². The fourth-order valence-corrected chi connectivity index (χ4v) is 2.51. The molecule has 2 N–H and O–H groups in total. The molecule has 0 saturated heterocycles. The van der Waals surface area contributed by atoms with Gasteiger partial charge in [0.15, 0.2) is 5.11 Å². The lowest BCUT2D eigenvalue weighted by Crippen LogP contribution is -2.38. The van der Waals surface area contributed by atoms with E-state index in [-0.39, 0.29) is 11.0 Å². The van der Waals surface area contributed by atoms with E-state index in [9.17, 15) is 4.79 Å². The van der Waals surface area contributed by atoms with Gasteiger partial charge in [0, 0.05) is 16.1 Å². The van der Waals surface area contributed by atoms with E-state index >= 15 is 0 Å². The van der Waals surface area contributed by atoms with Crippen LogP contribution < -0.4 is 10.6 Å².